The van der Waals surface area contributed by atoms with E-state index < -0.39 is 11.6 Å². The first kappa shape index (κ1) is 24.3. The van der Waals surface area contributed by atoms with Crippen LogP contribution < -0.4 is 5.32 Å². The predicted octanol–water partition coefficient (Wildman–Crippen LogP) is 3.31. The van der Waals surface area contributed by atoms with E-state index >= 15 is 0 Å². The van der Waals surface area contributed by atoms with Crippen LogP contribution in [0.4, 0.5) is 14.6 Å². The highest BCUT2D eigenvalue weighted by Gasteiger charge is 2.41. The Bertz CT molecular complexity index is 1200. The molecule has 0 unspecified atom stereocenters. The van der Waals surface area contributed by atoms with Crippen LogP contribution in [0, 0.1) is 11.6 Å². The van der Waals surface area contributed by atoms with E-state index in [-0.39, 0.29) is 36.8 Å². The first-order valence-electron chi connectivity index (χ1n) is 11.7. The number of aliphatic hydroxyl groups is 1. The molecule has 1 saturated heterocycles. The summed E-state index contributed by atoms with van der Waals surface area (Å²) in [6.45, 7) is 2.36. The van der Waals surface area contributed by atoms with Crippen LogP contribution in [0.3, 0.4) is 0 Å². The molecule has 1 saturated carbocycles. The van der Waals surface area contributed by atoms with Gasteiger partial charge in [-0.25, -0.2) is 23.4 Å². The van der Waals surface area contributed by atoms with Crippen molar-refractivity contribution in [3.8, 4) is 0 Å². The maximum absolute atomic E-state index is 13.7. The van der Waals surface area contributed by atoms with Crippen LogP contribution in [-0.2, 0) is 9.47 Å². The smallest absolute Gasteiger partial charge is 0.191 e. The molecule has 3 aromatic rings. The fraction of sp³-hybridized carbons (Fsp3) is 0.565. The number of halogens is 2. The van der Waals surface area contributed by atoms with Crippen LogP contribution in [0.2, 0.25) is 0 Å². The quantitative estimate of drug-likeness (QED) is 0.316. The van der Waals surface area contributed by atoms with Crippen LogP contribution in [0.1, 0.15) is 43.7 Å². The van der Waals surface area contributed by atoms with E-state index in [0.717, 1.165) is 30.2 Å². The Morgan fingerprint density at radius 2 is 2.11 bits per heavy atom. The zero-order chi connectivity index (χ0) is 24.5. The minimum atomic E-state index is -0.850. The summed E-state index contributed by atoms with van der Waals surface area (Å²) in [5.74, 6) is -0.216. The van der Waals surface area contributed by atoms with Crippen molar-refractivity contribution < 1.29 is 23.4 Å². The van der Waals surface area contributed by atoms with Gasteiger partial charge in [0.25, 0.3) is 0 Å². The highest BCUT2D eigenvalue weighted by atomic mass is 32.2. The zero-order valence-corrected chi connectivity index (χ0v) is 20.3. The number of ether oxygens (including phenoxy) is 2. The number of aromatic nitrogens is 5. The minimum Gasteiger partial charge on any atom is -0.394 e. The summed E-state index contributed by atoms with van der Waals surface area (Å²) in [4.78, 5) is 9.45. The maximum atomic E-state index is 13.7. The Labute approximate surface area is 205 Å². The number of methoxy groups -OCH3 is 1. The van der Waals surface area contributed by atoms with Crippen LogP contribution in [0.15, 0.2) is 23.4 Å². The number of nitrogens with one attached hydrogen (secondary N) is 1. The monoisotopic (exact) mass is 506 g/mol. The van der Waals surface area contributed by atoms with Crippen LogP contribution >= 0.6 is 11.8 Å². The molecular weight excluding hydrogens is 478 g/mol. The number of fused-ring (bicyclic) bond motifs is 1. The zero-order valence-electron chi connectivity index (χ0n) is 19.5. The molecule has 2 N–H and O–H groups in total. The van der Waals surface area contributed by atoms with Crippen LogP contribution in [-0.4, -0.2) is 74.4 Å². The molecule has 2 aliphatic rings. The van der Waals surface area contributed by atoms with Gasteiger partial charge in [-0.05, 0) is 30.5 Å². The fourth-order valence-electron chi connectivity index (χ4n) is 4.54. The van der Waals surface area contributed by atoms with Crippen molar-refractivity contribution in [3.63, 3.8) is 0 Å². The highest BCUT2D eigenvalue weighted by molar-refractivity contribution is 7.99. The molecule has 188 valence electrons. The fourth-order valence-corrected chi connectivity index (χ4v) is 5.23. The lowest BCUT2D eigenvalue weighted by atomic mass is 10.1. The topological polar surface area (TPSA) is 107 Å². The first-order valence-corrected chi connectivity index (χ1v) is 12.7. The summed E-state index contributed by atoms with van der Waals surface area (Å²) >= 11 is 1.55. The summed E-state index contributed by atoms with van der Waals surface area (Å²) in [5, 5.41) is 22.4. The molecule has 5 atom stereocenters. The number of hydrogen-bond donors (Lipinski definition) is 2. The lowest BCUT2D eigenvalue weighted by Gasteiger charge is -2.18. The van der Waals surface area contributed by atoms with Gasteiger partial charge in [0.05, 0.1) is 25.4 Å². The number of hydrogen-bond acceptors (Lipinski definition) is 9. The summed E-state index contributed by atoms with van der Waals surface area (Å²) in [6.07, 6.45) is 1.70. The first-order chi connectivity index (χ1) is 17.0. The van der Waals surface area contributed by atoms with Gasteiger partial charge in [0.2, 0.25) is 0 Å². The van der Waals surface area contributed by atoms with Gasteiger partial charge in [-0.2, -0.15) is 0 Å². The van der Waals surface area contributed by atoms with Crippen molar-refractivity contribution in [2.75, 3.05) is 31.4 Å². The normalized spacial score (nSPS) is 25.9. The third-order valence-corrected chi connectivity index (χ3v) is 7.43. The van der Waals surface area contributed by atoms with Crippen molar-refractivity contribution in [2.45, 2.75) is 61.6 Å². The Morgan fingerprint density at radius 1 is 1.26 bits per heavy atom. The molecule has 2 fully saturated rings. The van der Waals surface area contributed by atoms with E-state index in [2.05, 4.69) is 22.6 Å². The van der Waals surface area contributed by atoms with Crippen LogP contribution in [0.25, 0.3) is 11.2 Å². The second kappa shape index (κ2) is 10.3. The molecule has 35 heavy (non-hydrogen) atoms. The number of nitrogens with zero attached hydrogens (tertiary/aromatic N) is 5. The van der Waals surface area contributed by atoms with Crippen LogP contribution in [0.5, 0.6) is 0 Å². The van der Waals surface area contributed by atoms with Crippen molar-refractivity contribution in [2.24, 2.45) is 0 Å². The van der Waals surface area contributed by atoms with Gasteiger partial charge in [0.15, 0.2) is 33.8 Å². The Kier molecular flexibility index (Phi) is 7.14. The second-order valence-electron chi connectivity index (χ2n) is 8.91. The molecule has 1 aliphatic heterocycles. The Hall–Kier alpha value is -2.41. The van der Waals surface area contributed by atoms with E-state index in [1.165, 1.54) is 6.07 Å². The molecule has 0 amide bonds. The standard InChI is InChI=1S/C23H28F2N6O3S/c1-3-6-35-23-27-21(26-17-9-14(17)12-4-5-15(24)16(25)7-12)20-22(28-23)31(30-29-20)18-8-13(10-32)34-19(18)11-33-2/h4-5,7,13-14,17-19,32H,3,6,8-11H2,1-2H3,(H,26,27,28)/t13-,14+,17-,18-,19+/m1/s1. The van der Waals surface area contributed by atoms with Crippen molar-refractivity contribution in [3.05, 3.63) is 35.4 Å². The Balaban J connectivity index is 1.45. The van der Waals surface area contributed by atoms with E-state index in [1.54, 1.807) is 29.6 Å². The third kappa shape index (κ3) is 4.97. The second-order valence-corrected chi connectivity index (χ2v) is 9.98. The molecule has 0 radical (unpaired) electrons. The third-order valence-electron chi connectivity index (χ3n) is 6.37. The van der Waals surface area contributed by atoms with Crippen molar-refractivity contribution in [1.82, 2.24) is 25.0 Å². The molecule has 1 aromatic carbocycles. The number of benzene rings is 1. The van der Waals surface area contributed by atoms with Crippen molar-refractivity contribution >= 4 is 28.7 Å². The largest absolute Gasteiger partial charge is 0.394 e. The number of thioether (sulfide) groups is 1. The predicted molar refractivity (Wildman–Crippen MR) is 127 cm³/mol. The molecule has 3 heterocycles. The van der Waals surface area contributed by atoms with E-state index in [1.807, 2.05) is 0 Å². The molecule has 1 aliphatic carbocycles. The number of rotatable bonds is 10. The summed E-state index contributed by atoms with van der Waals surface area (Å²) < 4.78 is 40.1. The van der Waals surface area contributed by atoms with Crippen molar-refractivity contribution in [1.29, 1.82) is 0 Å². The number of anilines is 1. The minimum absolute atomic E-state index is 0.0157. The highest BCUT2D eigenvalue weighted by Crippen LogP contribution is 2.44. The average Bonchev–Trinajstić information content (AvgIpc) is 3.29. The van der Waals surface area contributed by atoms with Gasteiger partial charge in [0.1, 0.15) is 6.10 Å². The summed E-state index contributed by atoms with van der Waals surface area (Å²) in [6, 6.07) is 3.85. The van der Waals surface area contributed by atoms with Gasteiger partial charge >= 0.3 is 0 Å². The molecule has 0 bridgehead atoms. The lowest BCUT2D eigenvalue weighted by molar-refractivity contribution is -0.0295. The van der Waals surface area contributed by atoms with E-state index in [0.29, 0.717) is 35.2 Å². The van der Waals surface area contributed by atoms with Gasteiger partial charge in [-0.3, -0.25) is 0 Å². The molecule has 9 nitrogen and oxygen atoms in total. The average molecular weight is 507 g/mol. The number of aliphatic hydroxyl groups excluding tert-OH is 1. The molecule has 12 heteroatoms. The SMILES string of the molecule is CCCSc1nc(N[C@@H]2C[C@H]2c2ccc(F)c(F)c2)c2nnn([C@@H]3C[C@H](CO)O[C@H]3COC)c2n1. The van der Waals surface area contributed by atoms with Gasteiger partial charge in [-0.15, -0.1) is 5.10 Å². The molecular formula is C23H28F2N6O3S. The summed E-state index contributed by atoms with van der Waals surface area (Å²) in [7, 11) is 1.61. The molecule has 2 aromatic heterocycles. The summed E-state index contributed by atoms with van der Waals surface area (Å²) in [5.41, 5.74) is 1.86. The molecule has 5 rings (SSSR count). The van der Waals surface area contributed by atoms with E-state index in [4.69, 9.17) is 19.4 Å². The van der Waals surface area contributed by atoms with Gasteiger partial charge in [0, 0.05) is 31.2 Å². The van der Waals surface area contributed by atoms with Gasteiger partial charge in [-0.1, -0.05) is 30.0 Å². The Morgan fingerprint density at radius 3 is 2.86 bits per heavy atom. The van der Waals surface area contributed by atoms with Gasteiger partial charge < -0.3 is 19.9 Å². The molecule has 0 spiro atoms. The maximum Gasteiger partial charge on any atom is 0.191 e. The van der Waals surface area contributed by atoms with E-state index in [9.17, 15) is 13.9 Å². The lowest BCUT2D eigenvalue weighted by Crippen LogP contribution is -2.26.